The van der Waals surface area contributed by atoms with Gasteiger partial charge in [0, 0.05) is 35.3 Å². The van der Waals surface area contributed by atoms with Gasteiger partial charge >= 0.3 is 0 Å². The predicted octanol–water partition coefficient (Wildman–Crippen LogP) is 2.33. The van der Waals surface area contributed by atoms with Gasteiger partial charge in [-0.25, -0.2) is 0 Å². The van der Waals surface area contributed by atoms with Gasteiger partial charge in [0.15, 0.2) is 0 Å². The summed E-state index contributed by atoms with van der Waals surface area (Å²) in [5.74, 6) is 1.27. The van der Waals surface area contributed by atoms with Gasteiger partial charge in [-0.15, -0.1) is 11.3 Å². The lowest BCUT2D eigenvalue weighted by Crippen LogP contribution is -2.58. The summed E-state index contributed by atoms with van der Waals surface area (Å²) >= 11 is 4.00. The van der Waals surface area contributed by atoms with Gasteiger partial charge in [-0.2, -0.15) is 11.8 Å². The Hall–Kier alpha value is -0.0300. The van der Waals surface area contributed by atoms with E-state index >= 15 is 0 Å². The van der Waals surface area contributed by atoms with Gasteiger partial charge in [0.05, 0.1) is 0 Å². The van der Waals surface area contributed by atoms with Crippen LogP contribution in [0.4, 0.5) is 0 Å². The number of nitrogens with two attached hydrogens (primary N) is 1. The zero-order chi connectivity index (χ0) is 11.9. The van der Waals surface area contributed by atoms with E-state index in [2.05, 4.69) is 35.0 Å². The molecule has 1 saturated heterocycles. The number of nitrogens with zero attached hydrogens (tertiary/aromatic N) is 1. The smallest absolute Gasteiger partial charge is 0.0458 e. The molecule has 3 heterocycles. The highest BCUT2D eigenvalue weighted by molar-refractivity contribution is 8.00. The molecule has 0 spiro atoms. The van der Waals surface area contributed by atoms with Gasteiger partial charge in [0.25, 0.3) is 0 Å². The summed E-state index contributed by atoms with van der Waals surface area (Å²) < 4.78 is 0. The van der Waals surface area contributed by atoms with Crippen LogP contribution < -0.4 is 5.73 Å². The number of fused-ring (bicyclic) bond motifs is 1. The molecule has 0 aromatic carbocycles. The Morgan fingerprint density at radius 2 is 2.47 bits per heavy atom. The van der Waals surface area contributed by atoms with Crippen LogP contribution in [0.25, 0.3) is 0 Å². The molecule has 2 aliphatic heterocycles. The molecule has 2 unspecified atom stereocenters. The van der Waals surface area contributed by atoms with E-state index in [1.165, 1.54) is 30.7 Å². The first kappa shape index (κ1) is 12.0. The van der Waals surface area contributed by atoms with Crippen LogP contribution in [0.15, 0.2) is 11.4 Å². The average Bonchev–Trinajstić information content (AvgIpc) is 2.94. The molecule has 17 heavy (non-hydrogen) atoms. The molecular weight excluding hydrogens is 248 g/mol. The Kier molecular flexibility index (Phi) is 3.24. The first-order chi connectivity index (χ1) is 8.26. The van der Waals surface area contributed by atoms with Crippen LogP contribution >= 0.6 is 23.1 Å². The molecule has 0 radical (unpaired) electrons. The minimum absolute atomic E-state index is 0.254. The third kappa shape index (κ3) is 1.86. The number of thioether (sulfide) groups is 1. The summed E-state index contributed by atoms with van der Waals surface area (Å²) in [6.07, 6.45) is 2.47. The Morgan fingerprint density at radius 1 is 1.59 bits per heavy atom. The van der Waals surface area contributed by atoms with Gasteiger partial charge in [-0.05, 0) is 35.6 Å². The molecule has 4 heteroatoms. The predicted molar refractivity (Wildman–Crippen MR) is 76.8 cm³/mol. The Labute approximate surface area is 112 Å². The largest absolute Gasteiger partial charge is 0.329 e. The van der Waals surface area contributed by atoms with Crippen molar-refractivity contribution in [3.8, 4) is 0 Å². The molecule has 0 aliphatic carbocycles. The molecule has 1 aromatic rings. The van der Waals surface area contributed by atoms with Crippen molar-refractivity contribution in [3.05, 3.63) is 21.9 Å². The Balaban J connectivity index is 1.85. The Morgan fingerprint density at radius 3 is 3.18 bits per heavy atom. The third-order valence-electron chi connectivity index (χ3n) is 4.45. The maximum Gasteiger partial charge on any atom is 0.0458 e. The molecular formula is C13H20N2S2. The first-order valence-electron chi connectivity index (χ1n) is 6.38. The highest BCUT2D eigenvalue weighted by Crippen LogP contribution is 2.42. The van der Waals surface area contributed by atoms with E-state index in [0.29, 0.717) is 5.25 Å². The lowest BCUT2D eigenvalue weighted by molar-refractivity contribution is 0.0836. The van der Waals surface area contributed by atoms with Crippen LogP contribution in [0.5, 0.6) is 0 Å². The molecule has 94 valence electrons. The lowest BCUT2D eigenvalue weighted by atomic mass is 9.88. The fourth-order valence-corrected chi connectivity index (χ4v) is 5.60. The number of hydrogen-bond donors (Lipinski definition) is 1. The second kappa shape index (κ2) is 4.57. The standard InChI is InChI=1S/C13H20N2S2/c1-10-13(9-14,4-7-16-10)15-5-2-12-11(8-15)3-6-17-12/h3,6,10H,2,4-5,7-9,14H2,1H3. The van der Waals surface area contributed by atoms with Crippen molar-refractivity contribution in [3.63, 3.8) is 0 Å². The summed E-state index contributed by atoms with van der Waals surface area (Å²) in [5, 5.41) is 2.91. The van der Waals surface area contributed by atoms with Gasteiger partial charge < -0.3 is 5.73 Å². The van der Waals surface area contributed by atoms with Crippen molar-refractivity contribution in [2.75, 3.05) is 18.8 Å². The monoisotopic (exact) mass is 268 g/mol. The maximum atomic E-state index is 6.13. The molecule has 0 amide bonds. The quantitative estimate of drug-likeness (QED) is 0.892. The Bertz CT molecular complexity index is 404. The maximum absolute atomic E-state index is 6.13. The highest BCUT2D eigenvalue weighted by atomic mass is 32.2. The molecule has 2 N–H and O–H groups in total. The summed E-state index contributed by atoms with van der Waals surface area (Å²) in [4.78, 5) is 4.25. The number of thiophene rings is 1. The van der Waals surface area contributed by atoms with E-state index in [4.69, 9.17) is 5.73 Å². The first-order valence-corrected chi connectivity index (χ1v) is 8.31. The molecule has 2 nitrogen and oxygen atoms in total. The van der Waals surface area contributed by atoms with Crippen LogP contribution in [0.3, 0.4) is 0 Å². The van der Waals surface area contributed by atoms with Crippen LogP contribution in [-0.2, 0) is 13.0 Å². The minimum Gasteiger partial charge on any atom is -0.329 e. The fraction of sp³-hybridized carbons (Fsp3) is 0.692. The second-order valence-corrected chi connectivity index (χ2v) is 7.56. The zero-order valence-electron chi connectivity index (χ0n) is 10.3. The second-order valence-electron chi connectivity index (χ2n) is 5.11. The van der Waals surface area contributed by atoms with E-state index < -0.39 is 0 Å². The number of hydrogen-bond acceptors (Lipinski definition) is 4. The molecule has 2 atom stereocenters. The van der Waals surface area contributed by atoms with Crippen molar-refractivity contribution < 1.29 is 0 Å². The fourth-order valence-electron chi connectivity index (χ4n) is 3.21. The molecule has 1 aromatic heterocycles. The van der Waals surface area contributed by atoms with Gasteiger partial charge in [0.2, 0.25) is 0 Å². The molecule has 2 aliphatic rings. The van der Waals surface area contributed by atoms with E-state index in [9.17, 15) is 0 Å². The lowest BCUT2D eigenvalue weighted by Gasteiger charge is -2.45. The van der Waals surface area contributed by atoms with Gasteiger partial charge in [-0.1, -0.05) is 6.92 Å². The molecule has 0 bridgehead atoms. The number of rotatable bonds is 2. The summed E-state index contributed by atoms with van der Waals surface area (Å²) in [6.45, 7) is 5.46. The van der Waals surface area contributed by atoms with Gasteiger partial charge in [-0.3, -0.25) is 4.90 Å². The van der Waals surface area contributed by atoms with Crippen molar-refractivity contribution in [1.82, 2.24) is 4.90 Å². The van der Waals surface area contributed by atoms with Crippen molar-refractivity contribution in [2.24, 2.45) is 5.73 Å². The van der Waals surface area contributed by atoms with E-state index in [-0.39, 0.29) is 5.54 Å². The van der Waals surface area contributed by atoms with E-state index in [0.717, 1.165) is 13.1 Å². The normalized spacial score (nSPS) is 33.9. The SMILES string of the molecule is CC1SCCC1(CN)N1CCc2sccc2C1. The minimum atomic E-state index is 0.254. The van der Waals surface area contributed by atoms with Crippen LogP contribution in [0.2, 0.25) is 0 Å². The van der Waals surface area contributed by atoms with E-state index in [1.807, 2.05) is 11.3 Å². The summed E-state index contributed by atoms with van der Waals surface area (Å²) in [5.41, 5.74) is 7.93. The van der Waals surface area contributed by atoms with Crippen molar-refractivity contribution in [2.45, 2.75) is 37.1 Å². The average molecular weight is 268 g/mol. The van der Waals surface area contributed by atoms with Crippen LogP contribution in [0, 0.1) is 0 Å². The van der Waals surface area contributed by atoms with Gasteiger partial charge in [0.1, 0.15) is 0 Å². The summed E-state index contributed by atoms with van der Waals surface area (Å²) in [6, 6.07) is 2.29. The summed E-state index contributed by atoms with van der Waals surface area (Å²) in [7, 11) is 0. The van der Waals surface area contributed by atoms with Crippen molar-refractivity contribution >= 4 is 23.1 Å². The third-order valence-corrected chi connectivity index (χ3v) is 6.85. The van der Waals surface area contributed by atoms with Crippen molar-refractivity contribution in [1.29, 1.82) is 0 Å². The van der Waals surface area contributed by atoms with Crippen LogP contribution in [0.1, 0.15) is 23.8 Å². The molecule has 1 fully saturated rings. The highest BCUT2D eigenvalue weighted by Gasteiger charge is 2.45. The molecule has 0 saturated carbocycles. The van der Waals surface area contributed by atoms with Crippen LogP contribution in [-0.4, -0.2) is 34.5 Å². The zero-order valence-corrected chi connectivity index (χ0v) is 11.9. The molecule has 3 rings (SSSR count). The van der Waals surface area contributed by atoms with E-state index in [1.54, 1.807) is 4.88 Å². The topological polar surface area (TPSA) is 29.3 Å².